The molecule has 0 amide bonds. The summed E-state index contributed by atoms with van der Waals surface area (Å²) in [6, 6.07) is 2.21. The van der Waals surface area contributed by atoms with Gasteiger partial charge in [0, 0.05) is 24.7 Å². The van der Waals surface area contributed by atoms with Crippen molar-refractivity contribution in [1.29, 1.82) is 0 Å². The van der Waals surface area contributed by atoms with Crippen LogP contribution in [-0.2, 0) is 0 Å². The standard InChI is InChI=1S/C17H35N3/c1-5-7-14-9-10-16(18-2)17(12-14)20(4)13-15-8-6-11-19(15)3/h14-18H,5-13H2,1-4H3. The van der Waals surface area contributed by atoms with Crippen molar-refractivity contribution in [3.8, 4) is 0 Å². The van der Waals surface area contributed by atoms with Crippen LogP contribution in [0.25, 0.3) is 0 Å². The SMILES string of the molecule is CCCC1CCC(NC)C(N(C)CC2CCCN2C)C1. The molecule has 2 rings (SSSR count). The topological polar surface area (TPSA) is 18.5 Å². The lowest BCUT2D eigenvalue weighted by Crippen LogP contribution is -2.53. The summed E-state index contributed by atoms with van der Waals surface area (Å²) in [5, 5.41) is 3.58. The average Bonchev–Trinajstić information content (AvgIpc) is 2.84. The van der Waals surface area contributed by atoms with Gasteiger partial charge in [0.05, 0.1) is 0 Å². The van der Waals surface area contributed by atoms with Crippen LogP contribution in [0, 0.1) is 5.92 Å². The van der Waals surface area contributed by atoms with Crippen LogP contribution in [0.1, 0.15) is 51.9 Å². The van der Waals surface area contributed by atoms with E-state index in [2.05, 4.69) is 43.2 Å². The van der Waals surface area contributed by atoms with Crippen molar-refractivity contribution in [2.24, 2.45) is 5.92 Å². The van der Waals surface area contributed by atoms with Crippen LogP contribution in [0.4, 0.5) is 0 Å². The second-order valence-corrected chi connectivity index (χ2v) is 7.15. The second-order valence-electron chi connectivity index (χ2n) is 7.15. The minimum atomic E-state index is 0.694. The van der Waals surface area contributed by atoms with Crippen LogP contribution in [0.2, 0.25) is 0 Å². The largest absolute Gasteiger partial charge is 0.315 e. The highest BCUT2D eigenvalue weighted by Gasteiger charge is 2.33. The molecular formula is C17H35N3. The summed E-state index contributed by atoms with van der Waals surface area (Å²) >= 11 is 0. The van der Waals surface area contributed by atoms with Gasteiger partial charge in [0.25, 0.3) is 0 Å². The average molecular weight is 281 g/mol. The fourth-order valence-electron chi connectivity index (χ4n) is 4.40. The number of nitrogens with zero attached hydrogens (tertiary/aromatic N) is 2. The monoisotopic (exact) mass is 281 g/mol. The fraction of sp³-hybridized carbons (Fsp3) is 1.00. The molecule has 20 heavy (non-hydrogen) atoms. The van der Waals surface area contributed by atoms with E-state index >= 15 is 0 Å². The molecule has 4 unspecified atom stereocenters. The van der Waals surface area contributed by atoms with Crippen LogP contribution in [0.5, 0.6) is 0 Å². The first-order valence-corrected chi connectivity index (χ1v) is 8.73. The van der Waals surface area contributed by atoms with E-state index in [0.717, 1.165) is 18.0 Å². The molecule has 1 saturated carbocycles. The summed E-state index contributed by atoms with van der Waals surface area (Å²) in [5.41, 5.74) is 0. The third-order valence-corrected chi connectivity index (χ3v) is 5.73. The molecule has 3 nitrogen and oxygen atoms in total. The Hall–Kier alpha value is -0.120. The molecule has 0 radical (unpaired) electrons. The predicted octanol–water partition coefficient (Wildman–Crippen LogP) is 2.57. The molecule has 0 aromatic heterocycles. The second kappa shape index (κ2) is 7.77. The number of hydrogen-bond acceptors (Lipinski definition) is 3. The van der Waals surface area contributed by atoms with Crippen molar-refractivity contribution in [3.05, 3.63) is 0 Å². The van der Waals surface area contributed by atoms with E-state index < -0.39 is 0 Å². The van der Waals surface area contributed by atoms with Crippen molar-refractivity contribution in [2.45, 2.75) is 70.0 Å². The van der Waals surface area contributed by atoms with Gasteiger partial charge >= 0.3 is 0 Å². The van der Waals surface area contributed by atoms with Gasteiger partial charge in [0.1, 0.15) is 0 Å². The van der Waals surface area contributed by atoms with Gasteiger partial charge in [-0.2, -0.15) is 0 Å². The highest BCUT2D eigenvalue weighted by atomic mass is 15.2. The maximum atomic E-state index is 3.58. The Morgan fingerprint density at radius 3 is 2.65 bits per heavy atom. The van der Waals surface area contributed by atoms with Gasteiger partial charge in [-0.25, -0.2) is 0 Å². The van der Waals surface area contributed by atoms with Gasteiger partial charge < -0.3 is 15.1 Å². The Morgan fingerprint density at radius 1 is 1.25 bits per heavy atom. The molecule has 2 fully saturated rings. The Labute approximate surface area is 126 Å². The maximum absolute atomic E-state index is 3.58. The molecule has 3 heteroatoms. The van der Waals surface area contributed by atoms with Crippen LogP contribution in [0.15, 0.2) is 0 Å². The zero-order valence-electron chi connectivity index (χ0n) is 14.1. The Bertz CT molecular complexity index is 281. The molecule has 118 valence electrons. The van der Waals surface area contributed by atoms with Crippen LogP contribution in [0.3, 0.4) is 0 Å². The molecule has 0 aromatic carbocycles. The molecule has 1 aliphatic carbocycles. The molecule has 1 N–H and O–H groups in total. The smallest absolute Gasteiger partial charge is 0.0249 e. The number of rotatable bonds is 6. The zero-order chi connectivity index (χ0) is 14.5. The molecule has 1 saturated heterocycles. The summed E-state index contributed by atoms with van der Waals surface area (Å²) in [6.07, 6.45) is 9.71. The van der Waals surface area contributed by atoms with Gasteiger partial charge in [-0.15, -0.1) is 0 Å². The minimum absolute atomic E-state index is 0.694. The van der Waals surface area contributed by atoms with Gasteiger partial charge in [0.15, 0.2) is 0 Å². The van der Waals surface area contributed by atoms with Crippen molar-refractivity contribution < 1.29 is 0 Å². The fourth-order valence-corrected chi connectivity index (χ4v) is 4.40. The van der Waals surface area contributed by atoms with Crippen molar-refractivity contribution in [1.82, 2.24) is 15.1 Å². The van der Waals surface area contributed by atoms with Gasteiger partial charge in [0.2, 0.25) is 0 Å². The van der Waals surface area contributed by atoms with E-state index in [-0.39, 0.29) is 0 Å². The van der Waals surface area contributed by atoms with Crippen molar-refractivity contribution in [2.75, 3.05) is 34.2 Å². The minimum Gasteiger partial charge on any atom is -0.315 e. The Morgan fingerprint density at radius 2 is 2.05 bits per heavy atom. The molecule has 0 spiro atoms. The molecule has 2 aliphatic rings. The first-order valence-electron chi connectivity index (χ1n) is 8.73. The lowest BCUT2D eigenvalue weighted by atomic mass is 9.79. The van der Waals surface area contributed by atoms with Crippen LogP contribution < -0.4 is 5.32 Å². The lowest BCUT2D eigenvalue weighted by molar-refractivity contribution is 0.0978. The first kappa shape index (κ1) is 16.3. The Kier molecular flexibility index (Phi) is 6.31. The molecule has 0 bridgehead atoms. The predicted molar refractivity (Wildman–Crippen MR) is 87.2 cm³/mol. The van der Waals surface area contributed by atoms with Crippen molar-refractivity contribution >= 4 is 0 Å². The molecular weight excluding hydrogens is 246 g/mol. The first-order chi connectivity index (χ1) is 9.65. The molecule has 0 aromatic rings. The van der Waals surface area contributed by atoms with E-state index in [0.29, 0.717) is 6.04 Å². The summed E-state index contributed by atoms with van der Waals surface area (Å²) in [7, 11) is 6.80. The van der Waals surface area contributed by atoms with E-state index in [1.165, 1.54) is 58.0 Å². The van der Waals surface area contributed by atoms with Crippen molar-refractivity contribution in [3.63, 3.8) is 0 Å². The van der Waals surface area contributed by atoms with Gasteiger partial charge in [-0.1, -0.05) is 19.8 Å². The molecule has 1 aliphatic heterocycles. The lowest BCUT2D eigenvalue weighted by Gasteiger charge is -2.42. The summed E-state index contributed by atoms with van der Waals surface area (Å²) in [5.74, 6) is 0.957. The highest BCUT2D eigenvalue weighted by Crippen LogP contribution is 2.31. The normalized spacial score (nSPS) is 35.9. The van der Waals surface area contributed by atoms with E-state index in [1.54, 1.807) is 0 Å². The van der Waals surface area contributed by atoms with Gasteiger partial charge in [-0.3, -0.25) is 0 Å². The quantitative estimate of drug-likeness (QED) is 0.807. The number of likely N-dealkylation sites (N-methyl/N-ethyl adjacent to an activating group) is 3. The number of nitrogens with one attached hydrogen (secondary N) is 1. The summed E-state index contributed by atoms with van der Waals surface area (Å²) in [6.45, 7) is 4.87. The Balaban J connectivity index is 1.91. The van der Waals surface area contributed by atoms with E-state index in [1.807, 2.05) is 0 Å². The third kappa shape index (κ3) is 3.96. The van der Waals surface area contributed by atoms with Crippen LogP contribution >= 0.6 is 0 Å². The molecule has 4 atom stereocenters. The van der Waals surface area contributed by atoms with E-state index in [9.17, 15) is 0 Å². The van der Waals surface area contributed by atoms with Crippen LogP contribution in [-0.4, -0.2) is 62.2 Å². The third-order valence-electron chi connectivity index (χ3n) is 5.73. The number of hydrogen-bond donors (Lipinski definition) is 1. The summed E-state index contributed by atoms with van der Waals surface area (Å²) in [4.78, 5) is 5.21. The summed E-state index contributed by atoms with van der Waals surface area (Å²) < 4.78 is 0. The highest BCUT2D eigenvalue weighted by molar-refractivity contribution is 4.91. The zero-order valence-corrected chi connectivity index (χ0v) is 14.1. The number of likely N-dealkylation sites (tertiary alicyclic amines) is 1. The maximum Gasteiger partial charge on any atom is 0.0249 e. The van der Waals surface area contributed by atoms with Gasteiger partial charge in [-0.05, 0) is 65.7 Å². The molecule has 1 heterocycles. The van der Waals surface area contributed by atoms with E-state index in [4.69, 9.17) is 0 Å².